The molecule has 0 spiro atoms. The van der Waals surface area contributed by atoms with E-state index in [9.17, 15) is 0 Å². The second kappa shape index (κ2) is 5.28. The molecule has 1 aliphatic carbocycles. The topological polar surface area (TPSA) is 21.7 Å². The monoisotopic (exact) mass is 213 g/mol. The van der Waals surface area contributed by atoms with E-state index in [1.165, 1.54) is 19.3 Å². The lowest BCUT2D eigenvalue weighted by Crippen LogP contribution is -2.49. The molecule has 0 aromatic carbocycles. The van der Waals surface area contributed by atoms with Crippen LogP contribution in [-0.2, 0) is 9.47 Å². The molecule has 2 unspecified atom stereocenters. The van der Waals surface area contributed by atoms with Gasteiger partial charge in [-0.1, -0.05) is 6.92 Å². The Morgan fingerprint density at radius 2 is 1.93 bits per heavy atom. The van der Waals surface area contributed by atoms with E-state index in [1.54, 1.807) is 0 Å². The molecule has 0 radical (unpaired) electrons. The quantitative estimate of drug-likeness (QED) is 0.694. The Kier molecular flexibility index (Phi) is 4.00. The summed E-state index contributed by atoms with van der Waals surface area (Å²) in [5, 5.41) is 0. The van der Waals surface area contributed by atoms with Gasteiger partial charge in [-0.25, -0.2) is 0 Å². The number of hydrogen-bond acceptors (Lipinski definition) is 3. The summed E-state index contributed by atoms with van der Waals surface area (Å²) in [5.41, 5.74) is 0. The van der Waals surface area contributed by atoms with Crippen molar-refractivity contribution in [2.75, 3.05) is 33.4 Å². The number of hydrogen-bond donors (Lipinski definition) is 0. The Balaban J connectivity index is 1.92. The molecule has 1 saturated heterocycles. The Morgan fingerprint density at radius 3 is 2.60 bits per heavy atom. The third-order valence-corrected chi connectivity index (χ3v) is 3.95. The second-order valence-electron chi connectivity index (χ2n) is 4.86. The van der Waals surface area contributed by atoms with Crippen LogP contribution in [0.1, 0.15) is 26.2 Å². The van der Waals surface area contributed by atoms with Crippen molar-refractivity contribution in [1.82, 2.24) is 4.90 Å². The predicted molar refractivity (Wildman–Crippen MR) is 60.0 cm³/mol. The molecule has 3 atom stereocenters. The van der Waals surface area contributed by atoms with Gasteiger partial charge in [0.25, 0.3) is 0 Å². The van der Waals surface area contributed by atoms with Crippen LogP contribution in [0.5, 0.6) is 0 Å². The zero-order chi connectivity index (χ0) is 10.7. The van der Waals surface area contributed by atoms with Gasteiger partial charge in [-0.3, -0.25) is 4.90 Å². The molecular weight excluding hydrogens is 190 g/mol. The largest absolute Gasteiger partial charge is 0.381 e. The summed E-state index contributed by atoms with van der Waals surface area (Å²) in [6.07, 6.45) is 4.23. The van der Waals surface area contributed by atoms with Crippen LogP contribution in [0, 0.1) is 5.92 Å². The van der Waals surface area contributed by atoms with Gasteiger partial charge in [-0.2, -0.15) is 0 Å². The first-order valence-electron chi connectivity index (χ1n) is 6.16. The highest BCUT2D eigenvalue weighted by Gasteiger charge is 2.32. The number of ether oxygens (including phenoxy) is 2. The van der Waals surface area contributed by atoms with E-state index in [0.717, 1.165) is 32.2 Å². The molecule has 2 aliphatic rings. The predicted octanol–water partition coefficient (Wildman–Crippen LogP) is 1.52. The van der Waals surface area contributed by atoms with E-state index in [-0.39, 0.29) is 0 Å². The zero-order valence-electron chi connectivity index (χ0n) is 9.95. The van der Waals surface area contributed by atoms with E-state index in [0.29, 0.717) is 12.1 Å². The number of rotatable bonds is 2. The molecule has 1 aliphatic heterocycles. The first kappa shape index (κ1) is 11.4. The molecule has 1 heterocycles. The van der Waals surface area contributed by atoms with Crippen molar-refractivity contribution in [3.05, 3.63) is 0 Å². The van der Waals surface area contributed by atoms with Gasteiger partial charge in [-0.05, 0) is 25.2 Å². The van der Waals surface area contributed by atoms with E-state index < -0.39 is 0 Å². The van der Waals surface area contributed by atoms with Crippen LogP contribution in [0.4, 0.5) is 0 Å². The normalized spacial score (nSPS) is 39.2. The Labute approximate surface area is 92.7 Å². The molecular formula is C12H23NO2. The third-order valence-electron chi connectivity index (χ3n) is 3.95. The van der Waals surface area contributed by atoms with Crippen LogP contribution < -0.4 is 0 Å². The van der Waals surface area contributed by atoms with Gasteiger partial charge in [0.2, 0.25) is 0 Å². The standard InChI is InChI=1S/C12H23NO2/c1-10-3-4-11(14-2)9-12(10)13-5-7-15-8-6-13/h10-12H,3-9H2,1-2H3/t10?,11-,12?/m0/s1. The molecule has 0 bridgehead atoms. The average molecular weight is 213 g/mol. The lowest BCUT2D eigenvalue weighted by Gasteiger charge is -2.42. The van der Waals surface area contributed by atoms with Crippen LogP contribution in [0.15, 0.2) is 0 Å². The number of morpholine rings is 1. The molecule has 0 aromatic rings. The smallest absolute Gasteiger partial charge is 0.0594 e. The fourth-order valence-corrected chi connectivity index (χ4v) is 2.89. The van der Waals surface area contributed by atoms with Crippen LogP contribution in [0.25, 0.3) is 0 Å². The number of nitrogens with zero attached hydrogens (tertiary/aromatic N) is 1. The average Bonchev–Trinajstić information content (AvgIpc) is 2.31. The molecule has 0 N–H and O–H groups in total. The Bertz CT molecular complexity index is 192. The van der Waals surface area contributed by atoms with Crippen LogP contribution in [0.3, 0.4) is 0 Å². The maximum Gasteiger partial charge on any atom is 0.0594 e. The maximum absolute atomic E-state index is 5.50. The summed E-state index contributed by atoms with van der Waals surface area (Å²) >= 11 is 0. The Hall–Kier alpha value is -0.120. The fourth-order valence-electron chi connectivity index (χ4n) is 2.89. The highest BCUT2D eigenvalue weighted by molar-refractivity contribution is 4.86. The van der Waals surface area contributed by atoms with Crippen LogP contribution in [0.2, 0.25) is 0 Å². The zero-order valence-corrected chi connectivity index (χ0v) is 9.95. The summed E-state index contributed by atoms with van der Waals surface area (Å²) < 4.78 is 10.9. The van der Waals surface area contributed by atoms with Crippen molar-refractivity contribution < 1.29 is 9.47 Å². The minimum Gasteiger partial charge on any atom is -0.381 e. The molecule has 2 rings (SSSR count). The van der Waals surface area contributed by atoms with E-state index in [4.69, 9.17) is 9.47 Å². The number of methoxy groups -OCH3 is 1. The molecule has 0 aromatic heterocycles. The van der Waals surface area contributed by atoms with Crippen molar-refractivity contribution in [3.63, 3.8) is 0 Å². The van der Waals surface area contributed by atoms with Gasteiger partial charge < -0.3 is 9.47 Å². The Morgan fingerprint density at radius 1 is 1.20 bits per heavy atom. The van der Waals surface area contributed by atoms with E-state index in [1.807, 2.05) is 7.11 Å². The van der Waals surface area contributed by atoms with E-state index >= 15 is 0 Å². The molecule has 88 valence electrons. The lowest BCUT2D eigenvalue weighted by atomic mass is 9.83. The minimum atomic E-state index is 0.481. The van der Waals surface area contributed by atoms with Gasteiger partial charge in [-0.15, -0.1) is 0 Å². The summed E-state index contributed by atoms with van der Waals surface area (Å²) in [7, 11) is 1.84. The molecule has 2 fully saturated rings. The van der Waals surface area contributed by atoms with Crippen molar-refractivity contribution in [2.24, 2.45) is 5.92 Å². The summed E-state index contributed by atoms with van der Waals surface area (Å²) in [6, 6.07) is 0.715. The molecule has 3 nitrogen and oxygen atoms in total. The first-order chi connectivity index (χ1) is 7.31. The highest BCUT2D eigenvalue weighted by atomic mass is 16.5. The van der Waals surface area contributed by atoms with Gasteiger partial charge in [0.05, 0.1) is 19.3 Å². The van der Waals surface area contributed by atoms with Gasteiger partial charge >= 0.3 is 0 Å². The van der Waals surface area contributed by atoms with Crippen molar-refractivity contribution >= 4 is 0 Å². The third kappa shape index (κ3) is 2.71. The summed E-state index contributed by atoms with van der Waals surface area (Å²) in [4.78, 5) is 2.60. The van der Waals surface area contributed by atoms with Crippen LogP contribution >= 0.6 is 0 Å². The summed E-state index contributed by atoms with van der Waals surface area (Å²) in [5.74, 6) is 0.814. The second-order valence-corrected chi connectivity index (χ2v) is 4.86. The summed E-state index contributed by atoms with van der Waals surface area (Å²) in [6.45, 7) is 6.39. The molecule has 0 amide bonds. The van der Waals surface area contributed by atoms with Gasteiger partial charge in [0.1, 0.15) is 0 Å². The molecule has 3 heteroatoms. The minimum absolute atomic E-state index is 0.481. The van der Waals surface area contributed by atoms with Crippen LogP contribution in [-0.4, -0.2) is 50.5 Å². The van der Waals surface area contributed by atoms with Crippen molar-refractivity contribution in [1.29, 1.82) is 0 Å². The van der Waals surface area contributed by atoms with Crippen molar-refractivity contribution in [2.45, 2.75) is 38.3 Å². The van der Waals surface area contributed by atoms with Gasteiger partial charge in [0.15, 0.2) is 0 Å². The maximum atomic E-state index is 5.50. The van der Waals surface area contributed by atoms with Crippen molar-refractivity contribution in [3.8, 4) is 0 Å². The molecule has 15 heavy (non-hydrogen) atoms. The fraction of sp³-hybridized carbons (Fsp3) is 1.00. The van der Waals surface area contributed by atoms with E-state index in [2.05, 4.69) is 11.8 Å². The lowest BCUT2D eigenvalue weighted by molar-refractivity contribution is -0.0361. The first-order valence-corrected chi connectivity index (χ1v) is 6.16. The highest BCUT2D eigenvalue weighted by Crippen LogP contribution is 2.30. The molecule has 1 saturated carbocycles. The van der Waals surface area contributed by atoms with Gasteiger partial charge in [0, 0.05) is 26.2 Å². The SMILES string of the molecule is CO[C@H]1CCC(C)C(N2CCOCC2)C1.